The first kappa shape index (κ1) is 16.1. The molecule has 1 amide bonds. The van der Waals surface area contributed by atoms with Gasteiger partial charge in [-0.25, -0.2) is 4.98 Å². The molecule has 0 atom stereocenters. The first-order valence-corrected chi connectivity index (χ1v) is 8.31. The molecule has 0 unspecified atom stereocenters. The Morgan fingerprint density at radius 2 is 1.96 bits per heavy atom. The minimum Gasteiger partial charge on any atom is -0.493 e. The highest BCUT2D eigenvalue weighted by Gasteiger charge is 2.30. The minimum absolute atomic E-state index is 0.171. The highest BCUT2D eigenvalue weighted by molar-refractivity contribution is 6.06. The molecule has 1 aliphatic heterocycles. The zero-order chi connectivity index (χ0) is 17.9. The lowest BCUT2D eigenvalue weighted by atomic mass is 10.2. The zero-order valence-electron chi connectivity index (χ0n) is 14.3. The molecule has 0 N–H and O–H groups in total. The molecular formula is C19H18N4O3. The van der Waals surface area contributed by atoms with Crippen molar-refractivity contribution in [3.63, 3.8) is 0 Å². The summed E-state index contributed by atoms with van der Waals surface area (Å²) < 4.78 is 12.7. The molecule has 0 bridgehead atoms. The molecule has 7 nitrogen and oxygen atoms in total. The van der Waals surface area contributed by atoms with Gasteiger partial charge in [-0.2, -0.15) is 0 Å². The van der Waals surface area contributed by atoms with Gasteiger partial charge in [0.2, 0.25) is 5.88 Å². The van der Waals surface area contributed by atoms with Crippen LogP contribution in [0.1, 0.15) is 16.1 Å². The first-order valence-electron chi connectivity index (χ1n) is 8.31. The number of carbonyl (C=O) groups is 1. The number of carbonyl (C=O) groups excluding carboxylic acids is 1. The maximum Gasteiger partial charge on any atom is 0.278 e. The second kappa shape index (κ2) is 6.87. The average Bonchev–Trinajstić information content (AvgIpc) is 3.12. The number of ether oxygens (including phenoxy) is 2. The number of anilines is 1. The fourth-order valence-corrected chi connectivity index (χ4v) is 2.92. The fourth-order valence-electron chi connectivity index (χ4n) is 2.92. The van der Waals surface area contributed by atoms with Crippen LogP contribution >= 0.6 is 0 Å². The summed E-state index contributed by atoms with van der Waals surface area (Å²) in [7, 11) is 1.56. The summed E-state index contributed by atoms with van der Waals surface area (Å²) in [5.41, 5.74) is 1.52. The number of hydrogen-bond acceptors (Lipinski definition) is 5. The summed E-state index contributed by atoms with van der Waals surface area (Å²) in [5, 5.41) is 4.38. The number of rotatable bonds is 5. The molecule has 7 heteroatoms. The average molecular weight is 350 g/mol. The summed E-state index contributed by atoms with van der Waals surface area (Å²) in [4.78, 5) is 18.8. The van der Waals surface area contributed by atoms with Gasteiger partial charge in [0.25, 0.3) is 5.91 Å². The van der Waals surface area contributed by atoms with Crippen molar-refractivity contribution in [2.45, 2.75) is 13.2 Å². The lowest BCUT2D eigenvalue weighted by Gasteiger charge is -2.27. The third-order valence-corrected chi connectivity index (χ3v) is 4.21. The Bertz CT molecular complexity index is 924. The molecule has 0 aliphatic carbocycles. The molecule has 0 saturated carbocycles. The van der Waals surface area contributed by atoms with Crippen molar-refractivity contribution in [2.75, 3.05) is 18.6 Å². The number of hydrogen-bond donors (Lipinski definition) is 0. The van der Waals surface area contributed by atoms with E-state index in [1.165, 1.54) is 0 Å². The number of benzene rings is 1. The van der Waals surface area contributed by atoms with E-state index in [0.29, 0.717) is 42.8 Å². The quantitative estimate of drug-likeness (QED) is 0.707. The van der Waals surface area contributed by atoms with E-state index in [1.54, 1.807) is 41.1 Å². The Balaban J connectivity index is 1.54. The van der Waals surface area contributed by atoms with Gasteiger partial charge in [-0.3, -0.25) is 14.4 Å². The Morgan fingerprint density at radius 1 is 1.12 bits per heavy atom. The molecular weight excluding hydrogens is 332 g/mol. The molecule has 4 rings (SSSR count). The van der Waals surface area contributed by atoms with E-state index >= 15 is 0 Å². The maximum absolute atomic E-state index is 12.9. The third kappa shape index (κ3) is 2.99. The summed E-state index contributed by atoms with van der Waals surface area (Å²) in [5.74, 6) is 1.34. The highest BCUT2D eigenvalue weighted by atomic mass is 16.5. The summed E-state index contributed by atoms with van der Waals surface area (Å²) >= 11 is 0. The van der Waals surface area contributed by atoms with Crippen LogP contribution < -0.4 is 14.4 Å². The van der Waals surface area contributed by atoms with E-state index in [4.69, 9.17) is 9.47 Å². The molecule has 26 heavy (non-hydrogen) atoms. The Morgan fingerprint density at radius 3 is 2.77 bits per heavy atom. The van der Waals surface area contributed by atoms with Crippen LogP contribution in [-0.4, -0.2) is 34.3 Å². The van der Waals surface area contributed by atoms with Crippen molar-refractivity contribution in [2.24, 2.45) is 0 Å². The van der Waals surface area contributed by atoms with Crippen LogP contribution in [0.2, 0.25) is 0 Å². The van der Waals surface area contributed by atoms with E-state index in [2.05, 4.69) is 10.1 Å². The molecule has 3 heterocycles. The standard InChI is InChI=1S/C19H18N4O3/c1-25-16-8-5-9-20-18(16)22-10-11-23-15(19(22)24)12-17(21-23)26-13-14-6-3-2-4-7-14/h2-9,12H,10-11,13H2,1H3. The van der Waals surface area contributed by atoms with Gasteiger partial charge in [0, 0.05) is 18.8 Å². The molecule has 3 aromatic rings. The maximum atomic E-state index is 12.9. The lowest BCUT2D eigenvalue weighted by Crippen LogP contribution is -2.41. The van der Waals surface area contributed by atoms with Crippen molar-refractivity contribution in [3.8, 4) is 11.6 Å². The van der Waals surface area contributed by atoms with Crippen molar-refractivity contribution in [3.05, 3.63) is 66.0 Å². The van der Waals surface area contributed by atoms with Crippen LogP contribution in [0.3, 0.4) is 0 Å². The van der Waals surface area contributed by atoms with Gasteiger partial charge < -0.3 is 9.47 Å². The van der Waals surface area contributed by atoms with Gasteiger partial charge in [-0.15, -0.1) is 5.10 Å². The van der Waals surface area contributed by atoms with Crippen LogP contribution in [-0.2, 0) is 13.2 Å². The second-order valence-electron chi connectivity index (χ2n) is 5.85. The highest BCUT2D eigenvalue weighted by Crippen LogP contribution is 2.29. The van der Waals surface area contributed by atoms with E-state index in [1.807, 2.05) is 30.3 Å². The smallest absolute Gasteiger partial charge is 0.278 e. The fraction of sp³-hybridized carbons (Fsp3) is 0.211. The van der Waals surface area contributed by atoms with Crippen molar-refractivity contribution >= 4 is 11.7 Å². The van der Waals surface area contributed by atoms with Gasteiger partial charge in [-0.05, 0) is 17.7 Å². The van der Waals surface area contributed by atoms with Gasteiger partial charge in [0.15, 0.2) is 11.6 Å². The van der Waals surface area contributed by atoms with Gasteiger partial charge in [-0.1, -0.05) is 30.3 Å². The summed E-state index contributed by atoms with van der Waals surface area (Å²) in [6.45, 7) is 1.44. The predicted molar refractivity (Wildman–Crippen MR) is 95.5 cm³/mol. The summed E-state index contributed by atoms with van der Waals surface area (Å²) in [6.07, 6.45) is 1.64. The number of methoxy groups -OCH3 is 1. The Hall–Kier alpha value is -3.35. The van der Waals surface area contributed by atoms with E-state index in [9.17, 15) is 4.79 Å². The molecule has 0 radical (unpaired) electrons. The number of nitrogens with zero attached hydrogens (tertiary/aromatic N) is 4. The Labute approximate surface area is 150 Å². The molecule has 132 valence electrons. The number of aromatic nitrogens is 3. The predicted octanol–water partition coefficient (Wildman–Crippen LogP) is 2.53. The SMILES string of the molecule is COc1cccnc1N1CCn2nc(OCc3ccccc3)cc2C1=O. The van der Waals surface area contributed by atoms with Crippen LogP contribution in [0.5, 0.6) is 11.6 Å². The van der Waals surface area contributed by atoms with E-state index in [0.717, 1.165) is 5.56 Å². The molecule has 0 fully saturated rings. The van der Waals surface area contributed by atoms with Crippen molar-refractivity contribution in [1.29, 1.82) is 0 Å². The first-order chi connectivity index (χ1) is 12.8. The zero-order valence-corrected chi connectivity index (χ0v) is 14.3. The lowest BCUT2D eigenvalue weighted by molar-refractivity contribution is 0.0960. The molecule has 1 aromatic carbocycles. The molecule has 1 aliphatic rings. The van der Waals surface area contributed by atoms with Gasteiger partial charge >= 0.3 is 0 Å². The molecule has 0 saturated heterocycles. The van der Waals surface area contributed by atoms with Crippen molar-refractivity contribution in [1.82, 2.24) is 14.8 Å². The van der Waals surface area contributed by atoms with E-state index < -0.39 is 0 Å². The van der Waals surface area contributed by atoms with Gasteiger partial charge in [0.1, 0.15) is 12.3 Å². The van der Waals surface area contributed by atoms with Crippen LogP contribution in [0, 0.1) is 0 Å². The monoisotopic (exact) mass is 350 g/mol. The van der Waals surface area contributed by atoms with E-state index in [-0.39, 0.29) is 5.91 Å². The topological polar surface area (TPSA) is 69.5 Å². The number of amides is 1. The van der Waals surface area contributed by atoms with Crippen LogP contribution in [0.15, 0.2) is 54.7 Å². The van der Waals surface area contributed by atoms with Gasteiger partial charge in [0.05, 0.1) is 13.7 Å². The summed E-state index contributed by atoms with van der Waals surface area (Å²) in [6, 6.07) is 15.1. The second-order valence-corrected chi connectivity index (χ2v) is 5.85. The Kier molecular flexibility index (Phi) is 4.27. The normalized spacial score (nSPS) is 13.4. The molecule has 0 spiro atoms. The number of fused-ring (bicyclic) bond motifs is 1. The minimum atomic E-state index is -0.171. The number of pyridine rings is 1. The molecule has 2 aromatic heterocycles. The van der Waals surface area contributed by atoms with Crippen molar-refractivity contribution < 1.29 is 14.3 Å². The largest absolute Gasteiger partial charge is 0.493 e. The third-order valence-electron chi connectivity index (χ3n) is 4.21. The van der Waals surface area contributed by atoms with Crippen LogP contribution in [0.4, 0.5) is 5.82 Å². The van der Waals surface area contributed by atoms with Crippen LogP contribution in [0.25, 0.3) is 0 Å².